The summed E-state index contributed by atoms with van der Waals surface area (Å²) in [7, 11) is 0. The van der Waals surface area contributed by atoms with E-state index in [1.54, 1.807) is 0 Å². The molecular weight excluding hydrogens is 300 g/mol. The Bertz CT molecular complexity index is 374. The van der Waals surface area contributed by atoms with Gasteiger partial charge in [0.25, 0.3) is 0 Å². The molecular formula is C13H20BrClN2. The molecule has 1 N–H and O–H groups in total. The molecule has 0 radical (unpaired) electrons. The van der Waals surface area contributed by atoms with Crippen LogP contribution < -0.4 is 5.32 Å². The van der Waals surface area contributed by atoms with Crippen molar-refractivity contribution in [1.29, 1.82) is 0 Å². The summed E-state index contributed by atoms with van der Waals surface area (Å²) in [4.78, 5) is 4.41. The highest BCUT2D eigenvalue weighted by Crippen LogP contribution is 2.28. The number of hydrogen-bond donors (Lipinski definition) is 1. The molecule has 1 aromatic rings. The lowest BCUT2D eigenvalue weighted by Crippen LogP contribution is -2.34. The molecule has 0 amide bonds. The third-order valence-electron chi connectivity index (χ3n) is 2.73. The number of alkyl halides is 1. The van der Waals surface area contributed by atoms with E-state index in [9.17, 15) is 0 Å². The van der Waals surface area contributed by atoms with Crippen molar-refractivity contribution in [3.8, 4) is 0 Å². The first kappa shape index (κ1) is 14.8. The van der Waals surface area contributed by atoms with E-state index in [0.717, 1.165) is 22.3 Å². The highest BCUT2D eigenvalue weighted by Gasteiger charge is 2.24. The van der Waals surface area contributed by atoms with Crippen LogP contribution in [0.2, 0.25) is 0 Å². The monoisotopic (exact) mass is 318 g/mol. The highest BCUT2D eigenvalue weighted by atomic mass is 79.9. The standard InChI is InChI=1S/C13H20BrClN2/c1-9-7-10(14)12(16-8-9)17-11(5-6-15)13(2,3)4/h7-8,11H,5-6H2,1-4H3,(H,16,17). The number of hydrogen-bond acceptors (Lipinski definition) is 2. The van der Waals surface area contributed by atoms with Gasteiger partial charge in [0.05, 0.1) is 4.47 Å². The van der Waals surface area contributed by atoms with E-state index >= 15 is 0 Å². The van der Waals surface area contributed by atoms with Gasteiger partial charge in [-0.05, 0) is 46.3 Å². The topological polar surface area (TPSA) is 24.9 Å². The van der Waals surface area contributed by atoms with Crippen LogP contribution in [0.15, 0.2) is 16.7 Å². The van der Waals surface area contributed by atoms with Gasteiger partial charge in [0.1, 0.15) is 5.82 Å². The fraction of sp³-hybridized carbons (Fsp3) is 0.615. The Morgan fingerprint density at radius 3 is 2.59 bits per heavy atom. The third kappa shape index (κ3) is 4.47. The van der Waals surface area contributed by atoms with Crippen molar-refractivity contribution < 1.29 is 0 Å². The fourth-order valence-electron chi connectivity index (χ4n) is 1.64. The molecule has 0 fully saturated rings. The molecule has 1 heterocycles. The summed E-state index contributed by atoms with van der Waals surface area (Å²) in [6.45, 7) is 8.65. The van der Waals surface area contributed by atoms with Crippen LogP contribution in [0.3, 0.4) is 0 Å². The summed E-state index contributed by atoms with van der Waals surface area (Å²) in [5.41, 5.74) is 1.30. The highest BCUT2D eigenvalue weighted by molar-refractivity contribution is 9.10. The molecule has 1 unspecified atom stereocenters. The molecule has 1 atom stereocenters. The van der Waals surface area contributed by atoms with Crippen LogP contribution in [0.25, 0.3) is 0 Å². The van der Waals surface area contributed by atoms with Crippen LogP contribution in [0, 0.1) is 12.3 Å². The minimum absolute atomic E-state index is 0.154. The van der Waals surface area contributed by atoms with Gasteiger partial charge in [0, 0.05) is 18.1 Å². The number of halogens is 2. The molecule has 1 rings (SSSR count). The van der Waals surface area contributed by atoms with Crippen LogP contribution in [0.5, 0.6) is 0 Å². The first-order valence-electron chi connectivity index (χ1n) is 5.79. The van der Waals surface area contributed by atoms with Crippen LogP contribution >= 0.6 is 27.5 Å². The molecule has 4 heteroatoms. The summed E-state index contributed by atoms with van der Waals surface area (Å²) in [5.74, 6) is 1.54. The summed E-state index contributed by atoms with van der Waals surface area (Å²) in [5, 5.41) is 3.47. The van der Waals surface area contributed by atoms with E-state index in [-0.39, 0.29) is 5.41 Å². The van der Waals surface area contributed by atoms with E-state index < -0.39 is 0 Å². The summed E-state index contributed by atoms with van der Waals surface area (Å²) in [6.07, 6.45) is 2.79. The molecule has 96 valence electrons. The van der Waals surface area contributed by atoms with Crippen molar-refractivity contribution in [3.05, 3.63) is 22.3 Å². The van der Waals surface area contributed by atoms with Crippen molar-refractivity contribution in [1.82, 2.24) is 4.98 Å². The number of rotatable bonds is 4. The Morgan fingerprint density at radius 2 is 2.12 bits per heavy atom. The molecule has 17 heavy (non-hydrogen) atoms. The number of pyridine rings is 1. The van der Waals surface area contributed by atoms with Gasteiger partial charge < -0.3 is 5.32 Å². The van der Waals surface area contributed by atoms with Gasteiger partial charge in [0.15, 0.2) is 0 Å². The van der Waals surface area contributed by atoms with E-state index in [1.807, 2.05) is 13.1 Å². The molecule has 0 saturated carbocycles. The van der Waals surface area contributed by atoms with Crippen molar-refractivity contribution in [2.75, 3.05) is 11.2 Å². The number of anilines is 1. The fourth-order valence-corrected chi connectivity index (χ4v) is 2.43. The Balaban J connectivity index is 2.86. The molecule has 0 aliphatic heterocycles. The van der Waals surface area contributed by atoms with Crippen molar-refractivity contribution in [2.24, 2.45) is 5.41 Å². The second kappa shape index (κ2) is 6.05. The molecule has 0 spiro atoms. The molecule has 0 saturated heterocycles. The zero-order valence-electron chi connectivity index (χ0n) is 10.8. The van der Waals surface area contributed by atoms with Crippen LogP contribution in [0.1, 0.15) is 32.8 Å². The maximum Gasteiger partial charge on any atom is 0.140 e. The first-order chi connectivity index (χ1) is 7.84. The van der Waals surface area contributed by atoms with Gasteiger partial charge in [0.2, 0.25) is 0 Å². The average Bonchev–Trinajstić information content (AvgIpc) is 2.19. The van der Waals surface area contributed by atoms with Crippen molar-refractivity contribution in [3.63, 3.8) is 0 Å². The quantitative estimate of drug-likeness (QED) is 0.820. The summed E-state index contributed by atoms with van der Waals surface area (Å²) >= 11 is 9.40. The van der Waals surface area contributed by atoms with Gasteiger partial charge in [-0.3, -0.25) is 0 Å². The average molecular weight is 320 g/mol. The predicted octanol–water partition coefficient (Wildman–Crippen LogP) is 4.61. The van der Waals surface area contributed by atoms with Crippen molar-refractivity contribution in [2.45, 2.75) is 40.2 Å². The molecule has 0 aliphatic rings. The maximum atomic E-state index is 5.86. The number of aromatic nitrogens is 1. The summed E-state index contributed by atoms with van der Waals surface area (Å²) in [6, 6.07) is 2.38. The maximum absolute atomic E-state index is 5.86. The smallest absolute Gasteiger partial charge is 0.140 e. The second-order valence-electron chi connectivity index (χ2n) is 5.38. The van der Waals surface area contributed by atoms with E-state index in [4.69, 9.17) is 11.6 Å². The summed E-state index contributed by atoms with van der Waals surface area (Å²) < 4.78 is 1.00. The lowest BCUT2D eigenvalue weighted by molar-refractivity contribution is 0.334. The van der Waals surface area contributed by atoms with E-state index in [1.165, 1.54) is 0 Å². The molecule has 0 bridgehead atoms. The lowest BCUT2D eigenvalue weighted by atomic mass is 9.85. The van der Waals surface area contributed by atoms with Gasteiger partial charge in [-0.15, -0.1) is 11.6 Å². The minimum atomic E-state index is 0.154. The lowest BCUT2D eigenvalue weighted by Gasteiger charge is -2.31. The first-order valence-corrected chi connectivity index (χ1v) is 7.12. The van der Waals surface area contributed by atoms with Crippen LogP contribution in [-0.2, 0) is 0 Å². The Hall–Kier alpha value is -0.280. The van der Waals surface area contributed by atoms with E-state index in [2.05, 4.69) is 53.1 Å². The number of nitrogens with zero attached hydrogens (tertiary/aromatic N) is 1. The van der Waals surface area contributed by atoms with Crippen molar-refractivity contribution >= 4 is 33.3 Å². The number of nitrogens with one attached hydrogen (secondary N) is 1. The molecule has 2 nitrogen and oxygen atoms in total. The SMILES string of the molecule is Cc1cnc(NC(CCCl)C(C)(C)C)c(Br)c1. The predicted molar refractivity (Wildman–Crippen MR) is 78.9 cm³/mol. The Morgan fingerprint density at radius 1 is 1.47 bits per heavy atom. The van der Waals surface area contributed by atoms with Gasteiger partial charge in [-0.25, -0.2) is 4.98 Å². The third-order valence-corrected chi connectivity index (χ3v) is 3.55. The Labute approximate surface area is 117 Å². The minimum Gasteiger partial charge on any atom is -0.366 e. The second-order valence-corrected chi connectivity index (χ2v) is 6.62. The van der Waals surface area contributed by atoms with Gasteiger partial charge in [-0.1, -0.05) is 20.8 Å². The number of aryl methyl sites for hydroxylation is 1. The normalized spacial score (nSPS) is 13.5. The molecule has 0 aromatic carbocycles. The Kier molecular flexibility index (Phi) is 5.26. The largest absolute Gasteiger partial charge is 0.366 e. The molecule has 1 aromatic heterocycles. The van der Waals surface area contributed by atoms with Gasteiger partial charge in [-0.2, -0.15) is 0 Å². The van der Waals surface area contributed by atoms with E-state index in [0.29, 0.717) is 11.9 Å². The molecule has 0 aliphatic carbocycles. The van der Waals surface area contributed by atoms with Crippen LogP contribution in [-0.4, -0.2) is 16.9 Å². The zero-order chi connectivity index (χ0) is 13.1. The zero-order valence-corrected chi connectivity index (χ0v) is 13.2. The van der Waals surface area contributed by atoms with Crippen LogP contribution in [0.4, 0.5) is 5.82 Å². The van der Waals surface area contributed by atoms with Gasteiger partial charge >= 0.3 is 0 Å².